The molecule has 1 N–H and O–H groups in total. The molecule has 4 heteroatoms. The van der Waals surface area contributed by atoms with Gasteiger partial charge in [0.2, 0.25) is 0 Å². The van der Waals surface area contributed by atoms with Crippen LogP contribution in [0.25, 0.3) is 0 Å². The van der Waals surface area contributed by atoms with Gasteiger partial charge in [0.25, 0.3) is 0 Å². The Kier molecular flexibility index (Phi) is 5.26. The van der Waals surface area contributed by atoms with Crippen molar-refractivity contribution < 1.29 is 4.74 Å². The minimum atomic E-state index is 0.00910. The molecule has 2 aromatic carbocycles. The molecule has 122 valence electrons. The van der Waals surface area contributed by atoms with E-state index in [0.717, 1.165) is 12.3 Å². The molecule has 1 saturated heterocycles. The molecule has 1 aliphatic rings. The lowest BCUT2D eigenvalue weighted by Crippen LogP contribution is -2.16. The highest BCUT2D eigenvalue weighted by molar-refractivity contribution is 7.99. The smallest absolute Gasteiger partial charge is 0.134 e. The van der Waals surface area contributed by atoms with E-state index in [2.05, 4.69) is 79.8 Å². The van der Waals surface area contributed by atoms with Crippen LogP contribution in [0.15, 0.2) is 53.4 Å². The summed E-state index contributed by atoms with van der Waals surface area (Å²) in [7, 11) is 4.11. The van der Waals surface area contributed by atoms with Gasteiger partial charge in [-0.3, -0.25) is 5.32 Å². The quantitative estimate of drug-likeness (QED) is 0.843. The van der Waals surface area contributed by atoms with Crippen LogP contribution >= 0.6 is 11.8 Å². The van der Waals surface area contributed by atoms with Gasteiger partial charge < -0.3 is 9.64 Å². The Hall–Kier alpha value is -1.49. The second-order valence-corrected chi connectivity index (χ2v) is 7.25. The third-order valence-corrected chi connectivity index (χ3v) is 5.17. The van der Waals surface area contributed by atoms with Gasteiger partial charge in [-0.1, -0.05) is 29.8 Å². The zero-order valence-electron chi connectivity index (χ0n) is 14.0. The summed E-state index contributed by atoms with van der Waals surface area (Å²) in [6.07, 6.45) is 0.259. The molecule has 0 saturated carbocycles. The summed E-state index contributed by atoms with van der Waals surface area (Å²) in [5, 5.41) is 3.47. The molecule has 0 radical (unpaired) electrons. The molecular weight excluding hydrogens is 304 g/mol. The molecule has 0 amide bonds. The van der Waals surface area contributed by atoms with Gasteiger partial charge in [-0.15, -0.1) is 11.8 Å². The number of benzene rings is 2. The Labute approximate surface area is 143 Å². The summed E-state index contributed by atoms with van der Waals surface area (Å²) in [6, 6.07) is 17.2. The average Bonchev–Trinajstić information content (AvgIpc) is 3.03. The zero-order chi connectivity index (χ0) is 16.2. The highest BCUT2D eigenvalue weighted by atomic mass is 32.2. The first kappa shape index (κ1) is 16.4. The third kappa shape index (κ3) is 4.28. The fraction of sp³-hybridized carbons (Fsp3) is 0.368. The molecule has 0 aromatic heterocycles. The van der Waals surface area contributed by atoms with Crippen LogP contribution in [-0.2, 0) is 4.74 Å². The van der Waals surface area contributed by atoms with E-state index in [1.165, 1.54) is 21.7 Å². The van der Waals surface area contributed by atoms with E-state index >= 15 is 0 Å². The van der Waals surface area contributed by atoms with Crippen LogP contribution in [0.1, 0.15) is 17.4 Å². The van der Waals surface area contributed by atoms with Crippen molar-refractivity contribution in [3.63, 3.8) is 0 Å². The van der Waals surface area contributed by atoms with Crippen LogP contribution in [0.3, 0.4) is 0 Å². The number of ether oxygens (including phenoxy) is 1. The minimum absolute atomic E-state index is 0.00910. The average molecular weight is 328 g/mol. The largest absolute Gasteiger partial charge is 0.378 e. The summed E-state index contributed by atoms with van der Waals surface area (Å²) in [5.41, 5.74) is 3.70. The third-order valence-electron chi connectivity index (χ3n) is 4.03. The maximum absolute atomic E-state index is 6.15. The van der Waals surface area contributed by atoms with Crippen LogP contribution < -0.4 is 10.2 Å². The lowest BCUT2D eigenvalue weighted by Gasteiger charge is -2.16. The second-order valence-electron chi connectivity index (χ2n) is 6.16. The summed E-state index contributed by atoms with van der Waals surface area (Å²) < 4.78 is 6.15. The lowest BCUT2D eigenvalue weighted by molar-refractivity contribution is 0.0535. The monoisotopic (exact) mass is 328 g/mol. The number of aryl methyl sites for hydroxylation is 1. The van der Waals surface area contributed by atoms with Crippen LogP contribution in [0, 0.1) is 6.92 Å². The Morgan fingerprint density at radius 3 is 2.43 bits per heavy atom. The predicted octanol–water partition coefficient (Wildman–Crippen LogP) is 3.84. The van der Waals surface area contributed by atoms with E-state index in [0.29, 0.717) is 0 Å². The van der Waals surface area contributed by atoms with Gasteiger partial charge in [0.05, 0.1) is 6.10 Å². The summed E-state index contributed by atoms with van der Waals surface area (Å²) in [6.45, 7) is 3.02. The van der Waals surface area contributed by atoms with Crippen molar-refractivity contribution in [2.24, 2.45) is 0 Å². The maximum atomic E-state index is 6.15. The van der Waals surface area contributed by atoms with Crippen molar-refractivity contribution >= 4 is 17.4 Å². The molecule has 1 fully saturated rings. The van der Waals surface area contributed by atoms with Crippen LogP contribution in [0.5, 0.6) is 0 Å². The first-order valence-electron chi connectivity index (χ1n) is 7.97. The SMILES string of the molecule is Cc1ccc(SC[C@@H]2CN[C@@H](c3ccc(N(C)C)cc3)O2)cc1. The van der Waals surface area contributed by atoms with Crippen molar-refractivity contribution in [3.05, 3.63) is 59.7 Å². The summed E-state index contributed by atoms with van der Waals surface area (Å²) >= 11 is 1.86. The molecule has 0 aliphatic carbocycles. The van der Waals surface area contributed by atoms with Gasteiger partial charge in [0, 0.05) is 37.0 Å². The molecule has 1 aliphatic heterocycles. The minimum Gasteiger partial charge on any atom is -0.378 e. The second kappa shape index (κ2) is 7.39. The molecule has 0 spiro atoms. The number of nitrogens with one attached hydrogen (secondary N) is 1. The fourth-order valence-corrected chi connectivity index (χ4v) is 3.50. The van der Waals surface area contributed by atoms with E-state index in [1.54, 1.807) is 0 Å². The zero-order valence-corrected chi connectivity index (χ0v) is 14.8. The molecule has 23 heavy (non-hydrogen) atoms. The van der Waals surface area contributed by atoms with Crippen LogP contribution in [-0.4, -0.2) is 32.5 Å². The number of hydrogen-bond donors (Lipinski definition) is 1. The molecule has 2 atom stereocenters. The lowest BCUT2D eigenvalue weighted by atomic mass is 10.2. The van der Waals surface area contributed by atoms with Gasteiger partial charge in [-0.25, -0.2) is 0 Å². The molecule has 3 rings (SSSR count). The Balaban J connectivity index is 1.52. The predicted molar refractivity (Wildman–Crippen MR) is 98.3 cm³/mol. The maximum Gasteiger partial charge on any atom is 0.134 e. The standard InChI is InChI=1S/C19H24N2OS/c1-14-4-10-18(11-5-14)23-13-17-12-20-19(22-17)15-6-8-16(9-7-15)21(2)3/h4-11,17,19-20H,12-13H2,1-3H3/t17-,19+/m0/s1. The van der Waals surface area contributed by atoms with E-state index in [1.807, 2.05) is 11.8 Å². The Bertz CT molecular complexity index is 625. The molecule has 1 heterocycles. The van der Waals surface area contributed by atoms with Gasteiger partial charge in [-0.05, 0) is 36.8 Å². The van der Waals surface area contributed by atoms with E-state index in [9.17, 15) is 0 Å². The molecule has 2 aromatic rings. The van der Waals surface area contributed by atoms with Crippen molar-refractivity contribution in [3.8, 4) is 0 Å². The van der Waals surface area contributed by atoms with E-state index in [-0.39, 0.29) is 12.3 Å². The number of hydrogen-bond acceptors (Lipinski definition) is 4. The number of thioether (sulfide) groups is 1. The van der Waals surface area contributed by atoms with Crippen molar-refractivity contribution in [1.29, 1.82) is 0 Å². The Morgan fingerprint density at radius 1 is 1.09 bits per heavy atom. The van der Waals surface area contributed by atoms with Crippen LogP contribution in [0.2, 0.25) is 0 Å². The molecule has 3 nitrogen and oxygen atoms in total. The van der Waals surface area contributed by atoms with E-state index < -0.39 is 0 Å². The number of rotatable bonds is 5. The first-order chi connectivity index (χ1) is 11.1. The summed E-state index contributed by atoms with van der Waals surface area (Å²) in [4.78, 5) is 3.41. The molecule has 0 bridgehead atoms. The summed E-state index contributed by atoms with van der Waals surface area (Å²) in [5.74, 6) is 0.975. The van der Waals surface area contributed by atoms with Gasteiger partial charge in [0.1, 0.15) is 6.23 Å². The van der Waals surface area contributed by atoms with Crippen molar-refractivity contribution in [2.75, 3.05) is 31.3 Å². The Morgan fingerprint density at radius 2 is 1.78 bits per heavy atom. The van der Waals surface area contributed by atoms with Crippen molar-refractivity contribution in [1.82, 2.24) is 5.32 Å². The van der Waals surface area contributed by atoms with Gasteiger partial charge in [0.15, 0.2) is 0 Å². The first-order valence-corrected chi connectivity index (χ1v) is 8.96. The van der Waals surface area contributed by atoms with Gasteiger partial charge in [-0.2, -0.15) is 0 Å². The fourth-order valence-electron chi connectivity index (χ4n) is 2.59. The topological polar surface area (TPSA) is 24.5 Å². The number of anilines is 1. The molecule has 0 unspecified atom stereocenters. The van der Waals surface area contributed by atoms with Crippen LogP contribution in [0.4, 0.5) is 5.69 Å². The number of nitrogens with zero attached hydrogens (tertiary/aromatic N) is 1. The van der Waals surface area contributed by atoms with Gasteiger partial charge >= 0.3 is 0 Å². The highest BCUT2D eigenvalue weighted by Crippen LogP contribution is 2.27. The normalized spacial score (nSPS) is 20.7. The van der Waals surface area contributed by atoms with Crippen molar-refractivity contribution in [2.45, 2.75) is 24.2 Å². The molecular formula is C19H24N2OS. The highest BCUT2D eigenvalue weighted by Gasteiger charge is 2.25. The van der Waals surface area contributed by atoms with E-state index in [4.69, 9.17) is 4.74 Å².